The van der Waals surface area contributed by atoms with Gasteiger partial charge in [-0.2, -0.15) is 4.31 Å². The minimum absolute atomic E-state index is 0.0583. The fourth-order valence-corrected chi connectivity index (χ4v) is 6.08. The summed E-state index contributed by atoms with van der Waals surface area (Å²) in [6.07, 6.45) is 1.33. The molecule has 3 rings (SSSR count). The molecule has 0 fully saturated rings. The Hall–Kier alpha value is -3.31. The molecule has 10 heteroatoms. The second kappa shape index (κ2) is 14.9. The van der Waals surface area contributed by atoms with Crippen molar-refractivity contribution in [2.24, 2.45) is 0 Å². The van der Waals surface area contributed by atoms with Crippen LogP contribution in [0.4, 0.5) is 11.4 Å². The van der Waals surface area contributed by atoms with Crippen LogP contribution in [-0.2, 0) is 23.1 Å². The highest BCUT2D eigenvalue weighted by Gasteiger charge is 2.29. The van der Waals surface area contributed by atoms with Crippen molar-refractivity contribution in [3.05, 3.63) is 100 Å². The van der Waals surface area contributed by atoms with Gasteiger partial charge in [-0.15, -0.1) is 0 Å². The Morgan fingerprint density at radius 3 is 1.60 bits per heavy atom. The van der Waals surface area contributed by atoms with E-state index in [9.17, 15) is 18.5 Å². The standard InChI is InChI=1S/C30H41N5O4S/c1-31(2)19-11-21-34(22-12-20-32(3)4)40(38,39)28-17-18-29(30(23-28)35(36)37)33(24-26-13-7-5-8-14-26)25-27-15-9-6-10-16-27/h5-10,13-18,23H,11-12,19-22,24-25H2,1-4H3. The van der Waals surface area contributed by atoms with E-state index in [1.165, 1.54) is 16.4 Å². The first-order valence-corrected chi connectivity index (χ1v) is 14.9. The quantitative estimate of drug-likeness (QED) is 0.183. The van der Waals surface area contributed by atoms with Crippen LogP contribution in [0.15, 0.2) is 83.8 Å². The van der Waals surface area contributed by atoms with Crippen LogP contribution < -0.4 is 4.90 Å². The zero-order valence-corrected chi connectivity index (χ0v) is 24.8. The lowest BCUT2D eigenvalue weighted by Gasteiger charge is -2.26. The molecule has 0 aliphatic heterocycles. The molecule has 0 heterocycles. The second-order valence-electron chi connectivity index (χ2n) is 10.5. The fraction of sp³-hybridized carbons (Fsp3) is 0.400. The zero-order chi connectivity index (χ0) is 29.1. The Bertz CT molecular complexity index is 1260. The SMILES string of the molecule is CN(C)CCCN(CCCN(C)C)S(=O)(=O)c1ccc(N(Cc2ccccc2)Cc2ccccc2)c([N+](=O)[O-])c1. The van der Waals surface area contributed by atoms with E-state index in [0.717, 1.165) is 24.2 Å². The predicted molar refractivity (Wildman–Crippen MR) is 161 cm³/mol. The van der Waals surface area contributed by atoms with E-state index < -0.39 is 14.9 Å². The zero-order valence-electron chi connectivity index (χ0n) is 23.9. The Kier molecular flexibility index (Phi) is 11.6. The molecule has 40 heavy (non-hydrogen) atoms. The van der Waals surface area contributed by atoms with Crippen LogP contribution in [0, 0.1) is 10.1 Å². The lowest BCUT2D eigenvalue weighted by Crippen LogP contribution is -2.35. The van der Waals surface area contributed by atoms with Gasteiger partial charge in [-0.1, -0.05) is 60.7 Å². The topological polar surface area (TPSA) is 90.2 Å². The first kappa shape index (κ1) is 31.2. The van der Waals surface area contributed by atoms with Gasteiger partial charge in [-0.25, -0.2) is 8.42 Å². The van der Waals surface area contributed by atoms with E-state index in [1.54, 1.807) is 6.07 Å². The number of rotatable bonds is 16. The maximum absolute atomic E-state index is 13.8. The Morgan fingerprint density at radius 1 is 0.700 bits per heavy atom. The predicted octanol–water partition coefficient (Wildman–Crippen LogP) is 4.70. The number of benzene rings is 3. The van der Waals surface area contributed by atoms with Crippen molar-refractivity contribution < 1.29 is 13.3 Å². The monoisotopic (exact) mass is 567 g/mol. The molecule has 216 valence electrons. The van der Waals surface area contributed by atoms with Gasteiger partial charge in [0.2, 0.25) is 10.0 Å². The van der Waals surface area contributed by atoms with Gasteiger partial charge >= 0.3 is 0 Å². The second-order valence-corrected chi connectivity index (χ2v) is 12.4. The van der Waals surface area contributed by atoms with Gasteiger partial charge in [-0.05, 0) is 77.4 Å². The summed E-state index contributed by atoms with van der Waals surface area (Å²) in [6.45, 7) is 3.04. The molecule has 0 saturated carbocycles. The summed E-state index contributed by atoms with van der Waals surface area (Å²) in [7, 11) is 3.85. The maximum atomic E-state index is 13.8. The van der Waals surface area contributed by atoms with Crippen molar-refractivity contribution >= 4 is 21.4 Å². The van der Waals surface area contributed by atoms with Crippen LogP contribution in [0.25, 0.3) is 0 Å². The molecule has 9 nitrogen and oxygen atoms in total. The molecular weight excluding hydrogens is 526 g/mol. The molecule has 0 radical (unpaired) electrons. The molecule has 0 aromatic heterocycles. The van der Waals surface area contributed by atoms with Gasteiger partial charge in [0, 0.05) is 32.2 Å². The van der Waals surface area contributed by atoms with Crippen molar-refractivity contribution in [2.75, 3.05) is 59.3 Å². The molecule has 0 amide bonds. The molecule has 0 atom stereocenters. The normalized spacial score (nSPS) is 11.9. The van der Waals surface area contributed by atoms with Crippen LogP contribution in [-0.4, -0.2) is 81.8 Å². The summed E-state index contributed by atoms with van der Waals surface area (Å²) in [5.41, 5.74) is 2.15. The Labute approximate surface area is 238 Å². The van der Waals surface area contributed by atoms with Crippen molar-refractivity contribution in [1.82, 2.24) is 14.1 Å². The first-order chi connectivity index (χ1) is 19.1. The van der Waals surface area contributed by atoms with Gasteiger partial charge in [0.15, 0.2) is 0 Å². The lowest BCUT2D eigenvalue weighted by atomic mass is 10.1. The highest BCUT2D eigenvalue weighted by Crippen LogP contribution is 2.34. The van der Waals surface area contributed by atoms with Gasteiger partial charge in [0.25, 0.3) is 5.69 Å². The van der Waals surface area contributed by atoms with Crippen LogP contribution in [0.5, 0.6) is 0 Å². The van der Waals surface area contributed by atoms with Crippen molar-refractivity contribution in [3.8, 4) is 0 Å². The summed E-state index contributed by atoms with van der Waals surface area (Å²) in [6, 6.07) is 23.8. The number of nitro benzene ring substituents is 1. The largest absolute Gasteiger partial charge is 0.357 e. The molecule has 0 unspecified atom stereocenters. The van der Waals surface area contributed by atoms with E-state index in [-0.39, 0.29) is 10.6 Å². The van der Waals surface area contributed by atoms with Crippen LogP contribution in [0.2, 0.25) is 0 Å². The third-order valence-corrected chi connectivity index (χ3v) is 8.47. The molecular formula is C30H41N5O4S. The Morgan fingerprint density at radius 2 is 1.18 bits per heavy atom. The average Bonchev–Trinajstić information content (AvgIpc) is 2.92. The van der Waals surface area contributed by atoms with E-state index in [4.69, 9.17) is 0 Å². The molecule has 0 N–H and O–H groups in total. The summed E-state index contributed by atoms with van der Waals surface area (Å²) < 4.78 is 29.0. The summed E-state index contributed by atoms with van der Waals surface area (Å²) in [5.74, 6) is 0. The Balaban J connectivity index is 1.98. The van der Waals surface area contributed by atoms with E-state index in [1.807, 2.05) is 104 Å². The number of nitrogens with zero attached hydrogens (tertiary/aromatic N) is 5. The highest BCUT2D eigenvalue weighted by atomic mass is 32.2. The van der Waals surface area contributed by atoms with Crippen LogP contribution >= 0.6 is 0 Å². The van der Waals surface area contributed by atoms with Crippen LogP contribution in [0.3, 0.4) is 0 Å². The van der Waals surface area contributed by atoms with Gasteiger partial charge in [-0.3, -0.25) is 10.1 Å². The van der Waals surface area contributed by atoms with Gasteiger partial charge in [0.05, 0.1) is 9.82 Å². The lowest BCUT2D eigenvalue weighted by molar-refractivity contribution is -0.384. The van der Waals surface area contributed by atoms with Gasteiger partial charge < -0.3 is 14.7 Å². The molecule has 0 aliphatic rings. The van der Waals surface area contributed by atoms with Gasteiger partial charge in [0.1, 0.15) is 5.69 Å². The number of anilines is 1. The smallest absolute Gasteiger partial charge is 0.293 e. The summed E-state index contributed by atoms with van der Waals surface area (Å²) >= 11 is 0. The van der Waals surface area contributed by atoms with Crippen LogP contribution in [0.1, 0.15) is 24.0 Å². The highest BCUT2D eigenvalue weighted by molar-refractivity contribution is 7.89. The van der Waals surface area contributed by atoms with Crippen molar-refractivity contribution in [2.45, 2.75) is 30.8 Å². The molecule has 3 aromatic rings. The average molecular weight is 568 g/mol. The molecule has 3 aromatic carbocycles. The number of nitro groups is 1. The molecule has 0 aliphatic carbocycles. The third kappa shape index (κ3) is 9.12. The van der Waals surface area contributed by atoms with Crippen molar-refractivity contribution in [1.29, 1.82) is 0 Å². The fourth-order valence-electron chi connectivity index (χ4n) is 4.54. The first-order valence-electron chi connectivity index (χ1n) is 13.5. The molecule has 0 bridgehead atoms. The molecule has 0 saturated heterocycles. The van der Waals surface area contributed by atoms with Crippen molar-refractivity contribution in [3.63, 3.8) is 0 Å². The van der Waals surface area contributed by atoms with E-state index >= 15 is 0 Å². The maximum Gasteiger partial charge on any atom is 0.293 e. The summed E-state index contributed by atoms with van der Waals surface area (Å²) in [5, 5.41) is 12.3. The molecule has 0 spiro atoms. The third-order valence-electron chi connectivity index (χ3n) is 6.58. The number of sulfonamides is 1. The number of hydrogen-bond donors (Lipinski definition) is 0. The van der Waals surface area contributed by atoms with E-state index in [0.29, 0.717) is 44.7 Å². The minimum Gasteiger partial charge on any atom is -0.357 e. The summed E-state index contributed by atoms with van der Waals surface area (Å²) in [4.78, 5) is 17.7. The number of hydrogen-bond acceptors (Lipinski definition) is 7. The van der Waals surface area contributed by atoms with E-state index in [2.05, 4.69) is 0 Å². The minimum atomic E-state index is -3.94.